The summed E-state index contributed by atoms with van der Waals surface area (Å²) in [5.41, 5.74) is 0.254. The summed E-state index contributed by atoms with van der Waals surface area (Å²) >= 11 is 4.67. The fourth-order valence-electron chi connectivity index (χ4n) is 1.15. The zero-order valence-corrected chi connectivity index (χ0v) is 10.4. The molecule has 2 aromatic rings. The highest BCUT2D eigenvalue weighted by molar-refractivity contribution is 9.10. The van der Waals surface area contributed by atoms with Crippen molar-refractivity contribution in [3.05, 3.63) is 40.6 Å². The Morgan fingerprint density at radius 2 is 2.31 bits per heavy atom. The maximum absolute atomic E-state index is 10.8. The van der Waals surface area contributed by atoms with Crippen molar-refractivity contribution in [2.24, 2.45) is 0 Å². The van der Waals surface area contributed by atoms with Crippen LogP contribution in [0.1, 0.15) is 10.4 Å². The molecule has 0 unspecified atom stereocenters. The first-order valence-electron chi connectivity index (χ1n) is 4.37. The van der Waals surface area contributed by atoms with Gasteiger partial charge in [0.25, 0.3) is 0 Å². The largest absolute Gasteiger partial charge is 0.478 e. The molecule has 0 radical (unpaired) electrons. The first kappa shape index (κ1) is 11.2. The predicted octanol–water partition coefficient (Wildman–Crippen LogP) is 3.02. The summed E-state index contributed by atoms with van der Waals surface area (Å²) in [5.74, 6) is -0.943. The standard InChI is InChI=1S/C10H7BrN2O2S/c11-8-5-6(1-2-7(8)9(14)15)16-10-12-3-4-13-10/h1-5H,(H,12,13)(H,14,15). The average Bonchev–Trinajstić information content (AvgIpc) is 2.70. The number of carboxylic acid groups (broad SMARTS) is 1. The molecule has 82 valence electrons. The van der Waals surface area contributed by atoms with Crippen molar-refractivity contribution in [3.8, 4) is 0 Å². The molecular formula is C10H7BrN2O2S. The second-order valence-electron chi connectivity index (χ2n) is 2.94. The van der Waals surface area contributed by atoms with Crippen LogP contribution < -0.4 is 0 Å². The van der Waals surface area contributed by atoms with E-state index in [2.05, 4.69) is 25.9 Å². The quantitative estimate of drug-likeness (QED) is 0.914. The third kappa shape index (κ3) is 2.45. The molecular weight excluding hydrogens is 292 g/mol. The maximum Gasteiger partial charge on any atom is 0.336 e. The minimum absolute atomic E-state index is 0.254. The fraction of sp³-hybridized carbons (Fsp3) is 0. The Bertz CT molecular complexity index is 514. The minimum atomic E-state index is -0.943. The molecule has 2 rings (SSSR count). The molecule has 0 fully saturated rings. The van der Waals surface area contributed by atoms with Gasteiger partial charge in [0.2, 0.25) is 0 Å². The maximum atomic E-state index is 10.8. The van der Waals surface area contributed by atoms with Gasteiger partial charge in [0.15, 0.2) is 5.16 Å². The topological polar surface area (TPSA) is 66.0 Å². The van der Waals surface area contributed by atoms with E-state index in [0.717, 1.165) is 10.1 Å². The second-order valence-corrected chi connectivity index (χ2v) is 4.86. The molecule has 1 aromatic heterocycles. The molecule has 0 aliphatic heterocycles. The molecule has 0 aliphatic rings. The third-order valence-electron chi connectivity index (χ3n) is 1.86. The summed E-state index contributed by atoms with van der Waals surface area (Å²) < 4.78 is 0.566. The van der Waals surface area contributed by atoms with Crippen molar-refractivity contribution in [1.29, 1.82) is 0 Å². The summed E-state index contributed by atoms with van der Waals surface area (Å²) in [7, 11) is 0. The number of carboxylic acids is 1. The lowest BCUT2D eigenvalue weighted by atomic mass is 10.2. The fourth-order valence-corrected chi connectivity index (χ4v) is 2.63. The number of H-pyrrole nitrogens is 1. The van der Waals surface area contributed by atoms with Crippen LogP contribution in [-0.4, -0.2) is 21.0 Å². The van der Waals surface area contributed by atoms with E-state index < -0.39 is 5.97 Å². The number of aromatic carboxylic acids is 1. The van der Waals surface area contributed by atoms with Gasteiger partial charge >= 0.3 is 5.97 Å². The molecule has 4 nitrogen and oxygen atoms in total. The van der Waals surface area contributed by atoms with Gasteiger partial charge in [0.1, 0.15) is 0 Å². The van der Waals surface area contributed by atoms with Crippen LogP contribution in [0.15, 0.2) is 45.1 Å². The number of halogens is 1. The number of rotatable bonds is 3. The lowest BCUT2D eigenvalue weighted by Gasteiger charge is -2.02. The molecule has 1 aromatic carbocycles. The average molecular weight is 299 g/mol. The molecule has 0 amide bonds. The first-order valence-corrected chi connectivity index (χ1v) is 5.98. The summed E-state index contributed by atoms with van der Waals surface area (Å²) in [5, 5.41) is 9.63. The molecule has 2 N–H and O–H groups in total. The van der Waals surface area contributed by atoms with Crippen LogP contribution in [-0.2, 0) is 0 Å². The van der Waals surface area contributed by atoms with Crippen LogP contribution in [0.4, 0.5) is 0 Å². The number of aromatic nitrogens is 2. The molecule has 0 bridgehead atoms. The van der Waals surface area contributed by atoms with Gasteiger partial charge in [0.05, 0.1) is 5.56 Å². The minimum Gasteiger partial charge on any atom is -0.478 e. The number of hydrogen-bond acceptors (Lipinski definition) is 3. The Morgan fingerprint density at radius 1 is 1.50 bits per heavy atom. The van der Waals surface area contributed by atoms with Crippen LogP contribution in [0.25, 0.3) is 0 Å². The number of nitrogens with zero attached hydrogens (tertiary/aromatic N) is 1. The van der Waals surface area contributed by atoms with Gasteiger partial charge in [-0.05, 0) is 34.1 Å². The van der Waals surface area contributed by atoms with Crippen molar-refractivity contribution < 1.29 is 9.90 Å². The molecule has 0 spiro atoms. The van der Waals surface area contributed by atoms with Crippen molar-refractivity contribution in [3.63, 3.8) is 0 Å². The molecule has 0 saturated heterocycles. The van der Waals surface area contributed by atoms with E-state index >= 15 is 0 Å². The SMILES string of the molecule is O=C(O)c1ccc(Sc2ncc[nH]2)cc1Br. The Kier molecular flexibility index (Phi) is 3.31. The van der Waals surface area contributed by atoms with Crippen molar-refractivity contribution in [2.75, 3.05) is 0 Å². The zero-order chi connectivity index (χ0) is 11.5. The summed E-state index contributed by atoms with van der Waals surface area (Å²) in [6, 6.07) is 5.08. The molecule has 0 atom stereocenters. The number of imidazole rings is 1. The van der Waals surface area contributed by atoms with Crippen LogP contribution in [0, 0.1) is 0 Å². The Hall–Kier alpha value is -1.27. The monoisotopic (exact) mass is 298 g/mol. The van der Waals surface area contributed by atoms with Gasteiger partial charge < -0.3 is 10.1 Å². The molecule has 6 heteroatoms. The normalized spacial score (nSPS) is 10.3. The second kappa shape index (κ2) is 4.71. The van der Waals surface area contributed by atoms with Crippen molar-refractivity contribution in [2.45, 2.75) is 10.1 Å². The lowest BCUT2D eigenvalue weighted by Crippen LogP contribution is -1.97. The van der Waals surface area contributed by atoms with Crippen LogP contribution in [0.2, 0.25) is 0 Å². The number of carbonyl (C=O) groups is 1. The van der Waals surface area contributed by atoms with E-state index in [1.54, 1.807) is 30.6 Å². The Labute approximate surface area is 104 Å². The van der Waals surface area contributed by atoms with Gasteiger partial charge in [-0.25, -0.2) is 9.78 Å². The van der Waals surface area contributed by atoms with Gasteiger partial charge in [-0.1, -0.05) is 11.8 Å². The van der Waals surface area contributed by atoms with Gasteiger partial charge in [-0.2, -0.15) is 0 Å². The van der Waals surface area contributed by atoms with Crippen molar-refractivity contribution in [1.82, 2.24) is 9.97 Å². The molecule has 1 heterocycles. The van der Waals surface area contributed by atoms with E-state index in [1.807, 2.05) is 0 Å². The number of hydrogen-bond donors (Lipinski definition) is 2. The smallest absolute Gasteiger partial charge is 0.336 e. The van der Waals surface area contributed by atoms with Crippen LogP contribution >= 0.6 is 27.7 Å². The number of benzene rings is 1. The van der Waals surface area contributed by atoms with Crippen molar-refractivity contribution >= 4 is 33.7 Å². The zero-order valence-electron chi connectivity index (χ0n) is 7.98. The molecule has 0 aliphatic carbocycles. The van der Waals surface area contributed by atoms with E-state index in [0.29, 0.717) is 4.47 Å². The lowest BCUT2D eigenvalue weighted by molar-refractivity contribution is 0.0696. The van der Waals surface area contributed by atoms with Gasteiger partial charge in [0, 0.05) is 21.8 Å². The van der Waals surface area contributed by atoms with E-state index in [9.17, 15) is 4.79 Å². The number of aromatic amines is 1. The van der Waals surface area contributed by atoms with Gasteiger partial charge in [-0.15, -0.1) is 0 Å². The number of nitrogens with one attached hydrogen (secondary N) is 1. The highest BCUT2D eigenvalue weighted by Gasteiger charge is 2.09. The Balaban J connectivity index is 2.24. The molecule has 0 saturated carbocycles. The van der Waals surface area contributed by atoms with Crippen LogP contribution in [0.3, 0.4) is 0 Å². The van der Waals surface area contributed by atoms with E-state index in [4.69, 9.17) is 5.11 Å². The summed E-state index contributed by atoms with van der Waals surface area (Å²) in [6.07, 6.45) is 3.41. The summed E-state index contributed by atoms with van der Waals surface area (Å²) in [6.45, 7) is 0. The third-order valence-corrected chi connectivity index (χ3v) is 3.42. The van der Waals surface area contributed by atoms with E-state index in [1.165, 1.54) is 11.8 Å². The Morgan fingerprint density at radius 3 is 2.88 bits per heavy atom. The summed E-state index contributed by atoms with van der Waals surface area (Å²) in [4.78, 5) is 18.8. The predicted molar refractivity (Wildman–Crippen MR) is 63.8 cm³/mol. The van der Waals surface area contributed by atoms with Gasteiger partial charge in [-0.3, -0.25) is 0 Å². The van der Waals surface area contributed by atoms with E-state index in [-0.39, 0.29) is 5.56 Å². The van der Waals surface area contributed by atoms with Crippen LogP contribution in [0.5, 0.6) is 0 Å². The molecule has 16 heavy (non-hydrogen) atoms. The first-order chi connectivity index (χ1) is 7.66. The highest BCUT2D eigenvalue weighted by Crippen LogP contribution is 2.28. The highest BCUT2D eigenvalue weighted by atomic mass is 79.9.